The molecule has 0 spiro atoms. The standard InChI is InChI=1S/C24H30N6O5/c1-32-19-15-18-16(20(21(19)33-2)23-26-4-11-35-23)14-17(25)22(27-18)28-5-3-6-29(8-7-28)24(31)30-9-12-34-13-10-30/h4,11,14-15H,3,5-10,12-13,25H2,1-2H3. The number of morpholine rings is 1. The van der Waals surface area contributed by atoms with Crippen LogP contribution in [0.2, 0.25) is 0 Å². The number of fused-ring (bicyclic) bond motifs is 1. The predicted octanol–water partition coefficient (Wildman–Crippen LogP) is 2.45. The number of nitrogen functional groups attached to an aromatic ring is 1. The minimum absolute atomic E-state index is 0.0713. The molecule has 2 fully saturated rings. The average Bonchev–Trinajstić information content (AvgIpc) is 3.31. The number of ether oxygens (including phenoxy) is 3. The molecule has 2 amide bonds. The molecule has 0 radical (unpaired) electrons. The summed E-state index contributed by atoms with van der Waals surface area (Å²) < 4.78 is 22.2. The van der Waals surface area contributed by atoms with Crippen LogP contribution in [0.1, 0.15) is 6.42 Å². The summed E-state index contributed by atoms with van der Waals surface area (Å²) in [7, 11) is 3.15. The van der Waals surface area contributed by atoms with Gasteiger partial charge in [0, 0.05) is 50.7 Å². The van der Waals surface area contributed by atoms with E-state index in [0.717, 1.165) is 18.4 Å². The van der Waals surface area contributed by atoms with E-state index in [0.29, 0.717) is 85.9 Å². The highest BCUT2D eigenvalue weighted by Gasteiger charge is 2.27. The van der Waals surface area contributed by atoms with Gasteiger partial charge in [0.25, 0.3) is 0 Å². The molecule has 2 saturated heterocycles. The van der Waals surface area contributed by atoms with Gasteiger partial charge in [-0.3, -0.25) is 0 Å². The number of nitrogens with two attached hydrogens (primary N) is 1. The molecule has 2 aromatic heterocycles. The highest BCUT2D eigenvalue weighted by molar-refractivity contribution is 6.01. The maximum atomic E-state index is 13.0. The van der Waals surface area contributed by atoms with Gasteiger partial charge in [-0.2, -0.15) is 0 Å². The Morgan fingerprint density at radius 3 is 2.54 bits per heavy atom. The maximum absolute atomic E-state index is 13.0. The molecule has 5 rings (SSSR count). The number of hydrogen-bond donors (Lipinski definition) is 1. The van der Waals surface area contributed by atoms with E-state index in [1.54, 1.807) is 20.4 Å². The molecule has 4 heterocycles. The minimum atomic E-state index is 0.0713. The van der Waals surface area contributed by atoms with Gasteiger partial charge >= 0.3 is 6.03 Å². The Morgan fingerprint density at radius 2 is 1.83 bits per heavy atom. The summed E-state index contributed by atoms with van der Waals surface area (Å²) in [5, 5.41) is 0.755. The topological polar surface area (TPSA) is 119 Å². The molecule has 0 bridgehead atoms. The van der Waals surface area contributed by atoms with Gasteiger partial charge in [0.15, 0.2) is 17.3 Å². The highest BCUT2D eigenvalue weighted by atomic mass is 16.5. The van der Waals surface area contributed by atoms with Crippen LogP contribution in [0.15, 0.2) is 29.0 Å². The first kappa shape index (κ1) is 23.0. The SMILES string of the molecule is COc1cc2nc(N3CCCN(C(=O)N4CCOCC4)CC3)c(N)cc2c(-c2ncco2)c1OC. The molecule has 0 atom stereocenters. The zero-order chi connectivity index (χ0) is 24.4. The summed E-state index contributed by atoms with van der Waals surface area (Å²) in [6, 6.07) is 3.78. The summed E-state index contributed by atoms with van der Waals surface area (Å²) >= 11 is 0. The summed E-state index contributed by atoms with van der Waals surface area (Å²) in [5.74, 6) is 2.11. The van der Waals surface area contributed by atoms with Gasteiger partial charge in [-0.25, -0.2) is 14.8 Å². The number of carbonyl (C=O) groups excluding carboxylic acids is 1. The van der Waals surface area contributed by atoms with E-state index in [1.807, 2.05) is 21.9 Å². The predicted molar refractivity (Wildman–Crippen MR) is 131 cm³/mol. The third-order valence-electron chi connectivity index (χ3n) is 6.47. The summed E-state index contributed by atoms with van der Waals surface area (Å²) in [5.41, 5.74) is 8.39. The van der Waals surface area contributed by atoms with Crippen molar-refractivity contribution in [3.8, 4) is 23.0 Å². The van der Waals surface area contributed by atoms with Gasteiger partial charge in [0.2, 0.25) is 5.89 Å². The van der Waals surface area contributed by atoms with Crippen molar-refractivity contribution in [2.45, 2.75) is 6.42 Å². The second-order valence-electron chi connectivity index (χ2n) is 8.50. The Balaban J connectivity index is 1.46. The smallest absolute Gasteiger partial charge is 0.320 e. The Kier molecular flexibility index (Phi) is 6.49. The van der Waals surface area contributed by atoms with Crippen LogP contribution in [0.25, 0.3) is 22.4 Å². The fraction of sp³-hybridized carbons (Fsp3) is 0.458. The number of hydrogen-bond acceptors (Lipinski definition) is 9. The molecular formula is C24H30N6O5. The second-order valence-corrected chi connectivity index (χ2v) is 8.50. The van der Waals surface area contributed by atoms with Crippen LogP contribution in [0, 0.1) is 0 Å². The molecule has 0 unspecified atom stereocenters. The molecule has 0 saturated carbocycles. The lowest BCUT2D eigenvalue weighted by molar-refractivity contribution is 0.0438. The number of amides is 2. The molecular weight excluding hydrogens is 452 g/mol. The van der Waals surface area contributed by atoms with Gasteiger partial charge in [0.05, 0.1) is 50.4 Å². The van der Waals surface area contributed by atoms with Crippen LogP contribution in [0.5, 0.6) is 11.5 Å². The summed E-state index contributed by atoms with van der Waals surface area (Å²) in [4.78, 5) is 28.1. The van der Waals surface area contributed by atoms with Crippen molar-refractivity contribution in [1.82, 2.24) is 19.8 Å². The number of nitrogens with zero attached hydrogens (tertiary/aromatic N) is 5. The third kappa shape index (κ3) is 4.39. The zero-order valence-electron chi connectivity index (χ0n) is 20.0. The van der Waals surface area contributed by atoms with Gasteiger partial charge < -0.3 is 39.1 Å². The number of oxazole rings is 1. The van der Waals surface area contributed by atoms with Crippen molar-refractivity contribution in [1.29, 1.82) is 0 Å². The van der Waals surface area contributed by atoms with Gasteiger partial charge in [-0.05, 0) is 12.5 Å². The number of urea groups is 1. The number of methoxy groups -OCH3 is 2. The summed E-state index contributed by atoms with van der Waals surface area (Å²) in [6.45, 7) is 5.13. The molecule has 2 aliphatic heterocycles. The molecule has 186 valence electrons. The summed E-state index contributed by atoms with van der Waals surface area (Å²) in [6.07, 6.45) is 3.90. The second kappa shape index (κ2) is 9.87. The van der Waals surface area contributed by atoms with E-state index in [4.69, 9.17) is 29.3 Å². The van der Waals surface area contributed by atoms with Crippen LogP contribution >= 0.6 is 0 Å². The molecule has 35 heavy (non-hydrogen) atoms. The van der Waals surface area contributed by atoms with Crippen molar-refractivity contribution in [3.05, 3.63) is 24.6 Å². The Hall–Kier alpha value is -3.73. The van der Waals surface area contributed by atoms with Crippen LogP contribution in [-0.4, -0.2) is 92.5 Å². The zero-order valence-corrected chi connectivity index (χ0v) is 20.0. The van der Waals surface area contributed by atoms with Gasteiger partial charge in [-0.1, -0.05) is 0 Å². The quantitative estimate of drug-likeness (QED) is 0.598. The molecule has 1 aromatic carbocycles. The van der Waals surface area contributed by atoms with E-state index in [2.05, 4.69) is 9.88 Å². The molecule has 11 nitrogen and oxygen atoms in total. The Labute approximate surface area is 203 Å². The largest absolute Gasteiger partial charge is 0.493 e. The molecule has 2 N–H and O–H groups in total. The van der Waals surface area contributed by atoms with Crippen LogP contribution < -0.4 is 20.1 Å². The van der Waals surface area contributed by atoms with Crippen molar-refractivity contribution < 1.29 is 23.4 Å². The lowest BCUT2D eigenvalue weighted by Crippen LogP contribution is -2.49. The molecule has 0 aliphatic carbocycles. The number of anilines is 2. The lowest BCUT2D eigenvalue weighted by Gasteiger charge is -2.32. The highest BCUT2D eigenvalue weighted by Crippen LogP contribution is 2.44. The van der Waals surface area contributed by atoms with E-state index >= 15 is 0 Å². The van der Waals surface area contributed by atoms with Crippen LogP contribution in [-0.2, 0) is 4.74 Å². The number of rotatable bonds is 4. The third-order valence-corrected chi connectivity index (χ3v) is 6.47. The van der Waals surface area contributed by atoms with E-state index in [-0.39, 0.29) is 6.03 Å². The first-order chi connectivity index (χ1) is 17.1. The van der Waals surface area contributed by atoms with Crippen molar-refractivity contribution in [2.24, 2.45) is 0 Å². The van der Waals surface area contributed by atoms with E-state index in [1.165, 1.54) is 6.26 Å². The van der Waals surface area contributed by atoms with Crippen molar-refractivity contribution in [3.63, 3.8) is 0 Å². The minimum Gasteiger partial charge on any atom is -0.493 e. The first-order valence-electron chi connectivity index (χ1n) is 11.7. The number of carbonyl (C=O) groups is 1. The molecule has 3 aromatic rings. The molecule has 2 aliphatic rings. The van der Waals surface area contributed by atoms with Crippen LogP contribution in [0.4, 0.5) is 16.3 Å². The monoisotopic (exact) mass is 482 g/mol. The fourth-order valence-electron chi connectivity index (χ4n) is 4.72. The van der Waals surface area contributed by atoms with E-state index in [9.17, 15) is 4.79 Å². The van der Waals surface area contributed by atoms with E-state index < -0.39 is 0 Å². The van der Waals surface area contributed by atoms with Crippen molar-refractivity contribution >= 4 is 28.4 Å². The fourth-order valence-corrected chi connectivity index (χ4v) is 4.72. The lowest BCUT2D eigenvalue weighted by atomic mass is 10.0. The number of benzene rings is 1. The number of pyridine rings is 1. The van der Waals surface area contributed by atoms with Crippen molar-refractivity contribution in [2.75, 3.05) is 77.3 Å². The van der Waals surface area contributed by atoms with Gasteiger partial charge in [0.1, 0.15) is 6.26 Å². The van der Waals surface area contributed by atoms with Gasteiger partial charge in [-0.15, -0.1) is 0 Å². The Morgan fingerprint density at radius 1 is 1.03 bits per heavy atom. The van der Waals surface area contributed by atoms with Crippen LogP contribution in [0.3, 0.4) is 0 Å². The normalized spacial score (nSPS) is 16.9. The maximum Gasteiger partial charge on any atom is 0.320 e. The average molecular weight is 483 g/mol. The number of aromatic nitrogens is 2. The Bertz CT molecular complexity index is 1200. The molecule has 11 heteroatoms. The first-order valence-corrected chi connectivity index (χ1v) is 11.7.